The van der Waals surface area contributed by atoms with Crippen molar-refractivity contribution in [2.75, 3.05) is 0 Å². The standard InChI is InChI=1S/C9H5Cl2NO/c10-8-2-1-6(3-9(8)11)7(4-12)5-13/h1-3,5,13H. The minimum absolute atomic E-state index is 0.151. The average molecular weight is 214 g/mol. The van der Waals surface area contributed by atoms with Gasteiger partial charge in [0.15, 0.2) is 0 Å². The first kappa shape index (κ1) is 9.91. The Morgan fingerprint density at radius 2 is 2.08 bits per heavy atom. The summed E-state index contributed by atoms with van der Waals surface area (Å²) >= 11 is 11.4. The number of rotatable bonds is 1. The topological polar surface area (TPSA) is 44.0 Å². The molecule has 0 aliphatic rings. The number of allylic oxidation sites excluding steroid dienone is 1. The van der Waals surface area contributed by atoms with Crippen molar-refractivity contribution >= 4 is 28.8 Å². The minimum Gasteiger partial charge on any atom is -0.514 e. The van der Waals surface area contributed by atoms with Crippen LogP contribution in [0.2, 0.25) is 10.0 Å². The molecule has 0 aromatic heterocycles. The Morgan fingerprint density at radius 1 is 1.38 bits per heavy atom. The summed E-state index contributed by atoms with van der Waals surface area (Å²) in [6, 6.07) is 6.53. The molecule has 0 unspecified atom stereocenters. The maximum Gasteiger partial charge on any atom is 0.103 e. The summed E-state index contributed by atoms with van der Waals surface area (Å²) in [5.41, 5.74) is 0.693. The fourth-order valence-corrected chi connectivity index (χ4v) is 1.13. The molecule has 13 heavy (non-hydrogen) atoms. The maximum atomic E-state index is 8.68. The molecule has 0 heterocycles. The van der Waals surface area contributed by atoms with Crippen LogP contribution in [-0.2, 0) is 0 Å². The van der Waals surface area contributed by atoms with Crippen molar-refractivity contribution in [3.8, 4) is 6.07 Å². The van der Waals surface area contributed by atoms with Crippen molar-refractivity contribution in [2.45, 2.75) is 0 Å². The molecule has 0 atom stereocenters. The summed E-state index contributed by atoms with van der Waals surface area (Å²) in [4.78, 5) is 0. The molecular formula is C9H5Cl2NO. The molecule has 1 N–H and O–H groups in total. The van der Waals surface area contributed by atoms with Gasteiger partial charge in [-0.25, -0.2) is 0 Å². The number of nitriles is 1. The van der Waals surface area contributed by atoms with Gasteiger partial charge in [-0.2, -0.15) is 5.26 Å². The summed E-state index contributed by atoms with van der Waals surface area (Å²) in [6.07, 6.45) is 0.736. The normalized spacial score (nSPS) is 11.0. The molecule has 0 bridgehead atoms. The molecule has 0 fully saturated rings. The lowest BCUT2D eigenvalue weighted by Gasteiger charge is -1.99. The summed E-state index contributed by atoms with van der Waals surface area (Å²) in [6.45, 7) is 0. The second-order valence-corrected chi connectivity index (χ2v) is 3.10. The molecule has 0 spiro atoms. The van der Waals surface area contributed by atoms with Crippen LogP contribution in [0.1, 0.15) is 5.56 Å². The lowest BCUT2D eigenvalue weighted by molar-refractivity contribution is 0.476. The largest absolute Gasteiger partial charge is 0.514 e. The molecule has 1 rings (SSSR count). The molecule has 2 nitrogen and oxygen atoms in total. The van der Waals surface area contributed by atoms with E-state index in [1.165, 1.54) is 6.07 Å². The zero-order valence-corrected chi connectivity index (χ0v) is 7.97. The highest BCUT2D eigenvalue weighted by molar-refractivity contribution is 6.42. The Labute approximate surface area is 85.6 Å². The number of hydrogen-bond donors (Lipinski definition) is 1. The monoisotopic (exact) mass is 213 g/mol. The first-order valence-electron chi connectivity index (χ1n) is 3.39. The number of benzene rings is 1. The van der Waals surface area contributed by atoms with Crippen LogP contribution in [0.15, 0.2) is 24.5 Å². The molecule has 1 aromatic carbocycles. The Morgan fingerprint density at radius 3 is 2.54 bits per heavy atom. The zero-order valence-electron chi connectivity index (χ0n) is 6.46. The van der Waals surface area contributed by atoms with Crippen molar-refractivity contribution < 1.29 is 5.11 Å². The van der Waals surface area contributed by atoms with E-state index in [4.69, 9.17) is 33.6 Å². The van der Waals surface area contributed by atoms with Crippen LogP contribution in [0.3, 0.4) is 0 Å². The van der Waals surface area contributed by atoms with Gasteiger partial charge in [0.1, 0.15) is 6.07 Å². The number of aliphatic hydroxyl groups is 1. The van der Waals surface area contributed by atoms with E-state index >= 15 is 0 Å². The highest BCUT2D eigenvalue weighted by atomic mass is 35.5. The third kappa shape index (κ3) is 2.15. The third-order valence-electron chi connectivity index (χ3n) is 1.48. The van der Waals surface area contributed by atoms with Crippen molar-refractivity contribution in [1.29, 1.82) is 5.26 Å². The lowest BCUT2D eigenvalue weighted by atomic mass is 10.1. The summed E-state index contributed by atoms with van der Waals surface area (Å²) in [7, 11) is 0. The predicted molar refractivity (Wildman–Crippen MR) is 52.7 cm³/mol. The van der Waals surface area contributed by atoms with E-state index in [0.717, 1.165) is 6.26 Å². The van der Waals surface area contributed by atoms with Crippen LogP contribution in [0.4, 0.5) is 0 Å². The quantitative estimate of drug-likeness (QED) is 0.574. The van der Waals surface area contributed by atoms with Gasteiger partial charge < -0.3 is 5.11 Å². The third-order valence-corrected chi connectivity index (χ3v) is 2.22. The number of aliphatic hydroxyl groups excluding tert-OH is 1. The van der Waals surface area contributed by atoms with Gasteiger partial charge in [0.25, 0.3) is 0 Å². The second kappa shape index (κ2) is 4.18. The smallest absolute Gasteiger partial charge is 0.103 e. The minimum atomic E-state index is 0.151. The first-order chi connectivity index (χ1) is 6.19. The lowest BCUT2D eigenvalue weighted by Crippen LogP contribution is -1.81. The van der Waals surface area contributed by atoms with Crippen molar-refractivity contribution in [3.05, 3.63) is 40.1 Å². The fraction of sp³-hybridized carbons (Fsp3) is 0. The Hall–Kier alpha value is -1.17. The van der Waals surface area contributed by atoms with Gasteiger partial charge in [0, 0.05) is 0 Å². The Balaban J connectivity index is 3.20. The summed E-state index contributed by atoms with van der Waals surface area (Å²) in [5.74, 6) is 0. The van der Waals surface area contributed by atoms with E-state index in [1.807, 2.05) is 6.07 Å². The summed E-state index contributed by atoms with van der Waals surface area (Å²) < 4.78 is 0. The second-order valence-electron chi connectivity index (χ2n) is 2.28. The van der Waals surface area contributed by atoms with Crippen LogP contribution in [0, 0.1) is 11.3 Å². The van der Waals surface area contributed by atoms with Crippen LogP contribution < -0.4 is 0 Å². The van der Waals surface area contributed by atoms with Crippen LogP contribution >= 0.6 is 23.2 Å². The van der Waals surface area contributed by atoms with E-state index in [-0.39, 0.29) is 5.57 Å². The SMILES string of the molecule is N#CC(=CO)c1ccc(Cl)c(Cl)c1. The maximum absolute atomic E-state index is 8.68. The van der Waals surface area contributed by atoms with Crippen molar-refractivity contribution in [3.63, 3.8) is 0 Å². The van der Waals surface area contributed by atoms with Crippen molar-refractivity contribution in [2.24, 2.45) is 0 Å². The number of nitrogens with zero attached hydrogens (tertiary/aromatic N) is 1. The van der Waals surface area contributed by atoms with E-state index in [0.29, 0.717) is 15.6 Å². The van der Waals surface area contributed by atoms with Crippen LogP contribution in [-0.4, -0.2) is 5.11 Å². The Bertz CT molecular complexity index is 393. The Kier molecular flexibility index (Phi) is 3.18. The van der Waals surface area contributed by atoms with E-state index in [1.54, 1.807) is 12.1 Å². The molecule has 0 saturated heterocycles. The van der Waals surface area contributed by atoms with Gasteiger partial charge in [-0.05, 0) is 17.7 Å². The molecule has 0 aliphatic carbocycles. The molecule has 1 aromatic rings. The molecule has 0 radical (unpaired) electrons. The highest BCUT2D eigenvalue weighted by Crippen LogP contribution is 2.25. The number of halogens is 2. The van der Waals surface area contributed by atoms with E-state index in [9.17, 15) is 0 Å². The van der Waals surface area contributed by atoms with Gasteiger partial charge in [-0.1, -0.05) is 29.3 Å². The highest BCUT2D eigenvalue weighted by Gasteiger charge is 2.03. The van der Waals surface area contributed by atoms with Crippen LogP contribution in [0.25, 0.3) is 5.57 Å². The average Bonchev–Trinajstić information content (AvgIpc) is 2.13. The van der Waals surface area contributed by atoms with Crippen LogP contribution in [0.5, 0.6) is 0 Å². The predicted octanol–water partition coefficient (Wildman–Crippen LogP) is 3.42. The molecule has 0 amide bonds. The number of hydrogen-bond acceptors (Lipinski definition) is 2. The van der Waals surface area contributed by atoms with Crippen molar-refractivity contribution in [1.82, 2.24) is 0 Å². The summed E-state index contributed by atoms with van der Waals surface area (Å²) in [5, 5.41) is 18.0. The molecule has 0 saturated carbocycles. The molecule has 0 aliphatic heterocycles. The van der Waals surface area contributed by atoms with E-state index in [2.05, 4.69) is 0 Å². The van der Waals surface area contributed by atoms with Gasteiger partial charge in [-0.3, -0.25) is 0 Å². The molecular weight excluding hydrogens is 209 g/mol. The van der Waals surface area contributed by atoms with Gasteiger partial charge in [-0.15, -0.1) is 0 Å². The molecule has 4 heteroatoms. The van der Waals surface area contributed by atoms with E-state index < -0.39 is 0 Å². The fourth-order valence-electron chi connectivity index (χ4n) is 0.832. The van der Waals surface area contributed by atoms with Gasteiger partial charge in [0.05, 0.1) is 21.9 Å². The first-order valence-corrected chi connectivity index (χ1v) is 4.14. The zero-order chi connectivity index (χ0) is 9.84. The van der Waals surface area contributed by atoms with Gasteiger partial charge in [0.2, 0.25) is 0 Å². The molecule has 66 valence electrons. The van der Waals surface area contributed by atoms with Gasteiger partial charge >= 0.3 is 0 Å².